The first-order chi connectivity index (χ1) is 22.3. The van der Waals surface area contributed by atoms with Crippen LogP contribution in [0, 0.1) is 11.7 Å². The molecule has 0 aliphatic heterocycles. The van der Waals surface area contributed by atoms with Crippen molar-refractivity contribution in [2.45, 2.75) is 83.5 Å². The Labute approximate surface area is 273 Å². The molecule has 0 radical (unpaired) electrons. The molecule has 12 nitrogen and oxygen atoms in total. The summed E-state index contributed by atoms with van der Waals surface area (Å²) < 4.78 is 30.3. The SMILES string of the molecule is CCOC(=O)CCCC(=O)OCO[C@@H](C[C@@H](CCC(C)(C)O)C(N)=O)[C@H](Cc1cccc(F)c1)NC(=O)c1cnc2ccccc2n1. The predicted octanol–water partition coefficient (Wildman–Crippen LogP) is 3.77. The number of ether oxygens (including phenoxy) is 3. The number of aliphatic hydroxyl groups is 1. The summed E-state index contributed by atoms with van der Waals surface area (Å²) in [6.07, 6.45) is 1.07. The second-order valence-electron chi connectivity index (χ2n) is 11.8. The summed E-state index contributed by atoms with van der Waals surface area (Å²) >= 11 is 0. The molecule has 4 N–H and O–H groups in total. The van der Waals surface area contributed by atoms with Gasteiger partial charge in [-0.25, -0.2) is 9.37 Å². The molecular formula is C34H43FN4O8. The van der Waals surface area contributed by atoms with E-state index >= 15 is 0 Å². The molecule has 254 valence electrons. The molecule has 0 saturated carbocycles. The average molecular weight is 655 g/mol. The number of benzene rings is 2. The van der Waals surface area contributed by atoms with Gasteiger partial charge in [-0.05, 0) is 82.7 Å². The highest BCUT2D eigenvalue weighted by Crippen LogP contribution is 2.24. The minimum absolute atomic E-state index is 0.0184. The van der Waals surface area contributed by atoms with Crippen LogP contribution in [-0.4, -0.2) is 70.0 Å². The van der Waals surface area contributed by atoms with Crippen molar-refractivity contribution in [3.8, 4) is 0 Å². The quantitative estimate of drug-likeness (QED) is 0.127. The zero-order chi connectivity index (χ0) is 34.4. The van der Waals surface area contributed by atoms with E-state index in [-0.39, 0.29) is 57.2 Å². The van der Waals surface area contributed by atoms with Gasteiger partial charge in [-0.3, -0.25) is 24.2 Å². The number of para-hydroxylation sites is 2. The van der Waals surface area contributed by atoms with Crippen molar-refractivity contribution in [2.75, 3.05) is 13.4 Å². The van der Waals surface area contributed by atoms with E-state index in [4.69, 9.17) is 19.9 Å². The fourth-order valence-electron chi connectivity index (χ4n) is 4.90. The van der Waals surface area contributed by atoms with E-state index in [1.165, 1.54) is 24.4 Å². The summed E-state index contributed by atoms with van der Waals surface area (Å²) in [5, 5.41) is 13.2. The lowest BCUT2D eigenvalue weighted by Gasteiger charge is -2.31. The number of carbonyl (C=O) groups excluding carboxylic acids is 4. The Morgan fingerprint density at radius 1 is 1.02 bits per heavy atom. The van der Waals surface area contributed by atoms with Crippen LogP contribution in [0.3, 0.4) is 0 Å². The average Bonchev–Trinajstić information content (AvgIpc) is 3.01. The van der Waals surface area contributed by atoms with E-state index in [0.29, 0.717) is 16.6 Å². The molecule has 2 amide bonds. The van der Waals surface area contributed by atoms with Crippen LogP contribution >= 0.6 is 0 Å². The number of halogens is 1. The van der Waals surface area contributed by atoms with E-state index < -0.39 is 60.0 Å². The Morgan fingerprint density at radius 3 is 2.38 bits per heavy atom. The van der Waals surface area contributed by atoms with Crippen LogP contribution in [0.25, 0.3) is 11.0 Å². The first-order valence-electron chi connectivity index (χ1n) is 15.6. The predicted molar refractivity (Wildman–Crippen MR) is 170 cm³/mol. The highest BCUT2D eigenvalue weighted by Gasteiger charge is 2.32. The maximum atomic E-state index is 14.2. The van der Waals surface area contributed by atoms with Crippen molar-refractivity contribution in [3.05, 3.63) is 71.8 Å². The number of nitrogens with zero attached hydrogens (tertiary/aromatic N) is 2. The van der Waals surface area contributed by atoms with Gasteiger partial charge in [-0.1, -0.05) is 24.3 Å². The first kappa shape index (κ1) is 37.0. The van der Waals surface area contributed by atoms with Gasteiger partial charge in [-0.2, -0.15) is 0 Å². The largest absolute Gasteiger partial charge is 0.466 e. The van der Waals surface area contributed by atoms with E-state index in [1.807, 2.05) is 0 Å². The number of esters is 2. The van der Waals surface area contributed by atoms with Gasteiger partial charge in [0.2, 0.25) is 5.91 Å². The molecule has 0 aliphatic carbocycles. The monoisotopic (exact) mass is 654 g/mol. The van der Waals surface area contributed by atoms with Gasteiger partial charge in [0.15, 0.2) is 6.79 Å². The molecule has 0 fully saturated rings. The highest BCUT2D eigenvalue weighted by atomic mass is 19.1. The van der Waals surface area contributed by atoms with E-state index in [9.17, 15) is 28.7 Å². The standard InChI is InChI=1S/C34H43FN4O8/c1-4-45-30(40)13-8-14-31(41)47-21-46-29(19-23(32(36)42)15-16-34(2,3)44)27(18-22-9-7-10-24(35)17-22)39-33(43)28-20-37-25-11-5-6-12-26(25)38-28/h5-7,9-12,17,20,23,27,29,44H,4,8,13-16,18-19,21H2,1-3H3,(H2,36,42)(H,39,43)/t23-,27+,29+/m1/s1. The molecule has 0 bridgehead atoms. The third-order valence-corrected chi connectivity index (χ3v) is 7.38. The zero-order valence-electron chi connectivity index (χ0n) is 26.9. The van der Waals surface area contributed by atoms with Gasteiger partial charge in [0.05, 0.1) is 41.6 Å². The molecule has 0 aliphatic rings. The highest BCUT2D eigenvalue weighted by molar-refractivity contribution is 5.94. The lowest BCUT2D eigenvalue weighted by atomic mass is 9.87. The third-order valence-electron chi connectivity index (χ3n) is 7.38. The molecule has 0 unspecified atom stereocenters. The summed E-state index contributed by atoms with van der Waals surface area (Å²) in [6, 6.07) is 12.0. The summed E-state index contributed by atoms with van der Waals surface area (Å²) in [5.41, 5.74) is 6.33. The third kappa shape index (κ3) is 13.0. The Kier molecular flexibility index (Phi) is 14.2. The smallest absolute Gasteiger partial charge is 0.307 e. The Hall–Kier alpha value is -4.49. The van der Waals surface area contributed by atoms with E-state index in [0.717, 1.165) is 0 Å². The van der Waals surface area contributed by atoms with Crippen LogP contribution in [0.15, 0.2) is 54.7 Å². The van der Waals surface area contributed by atoms with Crippen molar-refractivity contribution in [1.29, 1.82) is 0 Å². The molecule has 47 heavy (non-hydrogen) atoms. The van der Waals surface area contributed by atoms with E-state index in [1.54, 1.807) is 51.1 Å². The Balaban J connectivity index is 1.86. The number of fused-ring (bicyclic) bond motifs is 1. The van der Waals surface area contributed by atoms with Crippen LogP contribution in [0.4, 0.5) is 4.39 Å². The van der Waals surface area contributed by atoms with E-state index in [2.05, 4.69) is 15.3 Å². The topological polar surface area (TPSA) is 180 Å². The minimum atomic E-state index is -1.08. The molecule has 0 saturated heterocycles. The van der Waals surface area contributed by atoms with Gasteiger partial charge >= 0.3 is 11.9 Å². The second-order valence-corrected chi connectivity index (χ2v) is 11.8. The number of primary amides is 1. The molecule has 2 aromatic carbocycles. The lowest BCUT2D eigenvalue weighted by molar-refractivity contribution is -0.164. The Morgan fingerprint density at radius 2 is 1.72 bits per heavy atom. The maximum Gasteiger partial charge on any atom is 0.307 e. The van der Waals surface area contributed by atoms with Gasteiger partial charge < -0.3 is 30.4 Å². The van der Waals surface area contributed by atoms with Crippen LogP contribution in [0.1, 0.15) is 75.3 Å². The van der Waals surface area contributed by atoms with Crippen molar-refractivity contribution in [2.24, 2.45) is 11.7 Å². The van der Waals surface area contributed by atoms with Crippen molar-refractivity contribution in [3.63, 3.8) is 0 Å². The first-order valence-corrected chi connectivity index (χ1v) is 15.6. The minimum Gasteiger partial charge on any atom is -0.466 e. The summed E-state index contributed by atoms with van der Waals surface area (Å²) in [7, 11) is 0. The lowest BCUT2D eigenvalue weighted by Crippen LogP contribution is -2.48. The molecule has 1 heterocycles. The number of rotatable bonds is 19. The van der Waals surface area contributed by atoms with Crippen molar-refractivity contribution < 1.29 is 42.9 Å². The number of hydrogen-bond acceptors (Lipinski definition) is 10. The number of nitrogens with two attached hydrogens (primary N) is 1. The normalized spacial score (nSPS) is 13.4. The Bertz CT molecular complexity index is 1510. The van der Waals surface area contributed by atoms with Gasteiger partial charge in [0.1, 0.15) is 11.5 Å². The number of aromatic nitrogens is 2. The van der Waals surface area contributed by atoms with Crippen molar-refractivity contribution in [1.82, 2.24) is 15.3 Å². The molecule has 3 aromatic rings. The zero-order valence-corrected chi connectivity index (χ0v) is 26.9. The van der Waals surface area contributed by atoms with Crippen molar-refractivity contribution >= 4 is 34.8 Å². The molecule has 1 aromatic heterocycles. The second kappa shape index (κ2) is 18.0. The van der Waals surface area contributed by atoms with Gasteiger partial charge in [0.25, 0.3) is 5.91 Å². The maximum absolute atomic E-state index is 14.2. The molecular weight excluding hydrogens is 611 g/mol. The summed E-state index contributed by atoms with van der Waals surface area (Å²) in [6.45, 7) is 4.61. The molecule has 13 heteroatoms. The van der Waals surface area contributed by atoms with Gasteiger partial charge in [0, 0.05) is 18.8 Å². The summed E-state index contributed by atoms with van der Waals surface area (Å²) in [5.74, 6) is -3.57. The van der Waals surface area contributed by atoms with Crippen LogP contribution in [0.5, 0.6) is 0 Å². The number of carbonyl (C=O) groups is 4. The molecule has 3 rings (SSSR count). The van der Waals surface area contributed by atoms with Gasteiger partial charge in [-0.15, -0.1) is 0 Å². The molecule has 3 atom stereocenters. The summed E-state index contributed by atoms with van der Waals surface area (Å²) in [4.78, 5) is 58.8. The van der Waals surface area contributed by atoms with Crippen LogP contribution < -0.4 is 11.1 Å². The van der Waals surface area contributed by atoms with Crippen LogP contribution in [0.2, 0.25) is 0 Å². The molecule has 0 spiro atoms. The number of amides is 2. The number of hydrogen-bond donors (Lipinski definition) is 3. The van der Waals surface area contributed by atoms with Crippen LogP contribution in [-0.2, 0) is 35.0 Å². The fraction of sp³-hybridized carbons (Fsp3) is 0.471. The number of nitrogens with one attached hydrogen (secondary N) is 1. The fourth-order valence-corrected chi connectivity index (χ4v) is 4.90.